The van der Waals surface area contributed by atoms with Crippen molar-refractivity contribution in [3.63, 3.8) is 0 Å². The Labute approximate surface area is 174 Å². The molecule has 29 heavy (non-hydrogen) atoms. The van der Waals surface area contributed by atoms with Crippen LogP contribution in [-0.2, 0) is 4.79 Å². The summed E-state index contributed by atoms with van der Waals surface area (Å²) < 4.78 is 5.33. The molecule has 2 N–H and O–H groups in total. The molecule has 1 heterocycles. The van der Waals surface area contributed by atoms with E-state index in [1.165, 1.54) is 24.0 Å². The number of aryl methyl sites for hydroxylation is 2. The van der Waals surface area contributed by atoms with Gasteiger partial charge in [0.2, 0.25) is 5.91 Å². The van der Waals surface area contributed by atoms with Gasteiger partial charge in [0, 0.05) is 5.39 Å². The summed E-state index contributed by atoms with van der Waals surface area (Å²) in [4.78, 5) is 16.8. The van der Waals surface area contributed by atoms with Crippen LogP contribution >= 0.6 is 11.8 Å². The first-order valence-electron chi connectivity index (χ1n) is 9.25. The number of aromatic hydroxyl groups is 1. The van der Waals surface area contributed by atoms with Crippen LogP contribution in [0.1, 0.15) is 23.6 Å². The normalized spacial score (nSPS) is 11.1. The van der Waals surface area contributed by atoms with Crippen LogP contribution in [-0.4, -0.2) is 34.6 Å². The van der Waals surface area contributed by atoms with E-state index in [1.54, 1.807) is 12.1 Å². The van der Waals surface area contributed by atoms with Crippen molar-refractivity contribution in [3.8, 4) is 11.5 Å². The minimum atomic E-state index is -0.223. The van der Waals surface area contributed by atoms with E-state index in [0.29, 0.717) is 17.9 Å². The fourth-order valence-electron chi connectivity index (χ4n) is 2.84. The molecule has 1 amide bonds. The van der Waals surface area contributed by atoms with Gasteiger partial charge in [-0.1, -0.05) is 30.0 Å². The molecule has 1 aromatic heterocycles. The van der Waals surface area contributed by atoms with E-state index in [4.69, 9.17) is 4.74 Å². The number of hydrogen-bond donors (Lipinski definition) is 2. The highest BCUT2D eigenvalue weighted by atomic mass is 32.2. The number of hydrazone groups is 1. The van der Waals surface area contributed by atoms with E-state index in [1.807, 2.05) is 39.0 Å². The molecule has 3 rings (SSSR count). The number of nitrogens with zero attached hydrogens (tertiary/aromatic N) is 2. The molecule has 0 unspecified atom stereocenters. The average Bonchev–Trinajstić information content (AvgIpc) is 2.70. The Hall–Kier alpha value is -3.06. The highest BCUT2D eigenvalue weighted by Crippen LogP contribution is 2.26. The molecule has 2 aromatic carbocycles. The summed E-state index contributed by atoms with van der Waals surface area (Å²) in [5.74, 6) is 0.435. The predicted molar refractivity (Wildman–Crippen MR) is 117 cm³/mol. The van der Waals surface area contributed by atoms with Gasteiger partial charge in [-0.3, -0.25) is 4.79 Å². The molecule has 0 radical (unpaired) electrons. The van der Waals surface area contributed by atoms with E-state index in [9.17, 15) is 9.90 Å². The highest BCUT2D eigenvalue weighted by molar-refractivity contribution is 7.99. The summed E-state index contributed by atoms with van der Waals surface area (Å²) in [7, 11) is 0. The van der Waals surface area contributed by atoms with Crippen molar-refractivity contribution >= 4 is 34.8 Å². The molecule has 0 atom stereocenters. The van der Waals surface area contributed by atoms with Gasteiger partial charge in [-0.05, 0) is 61.7 Å². The molecule has 6 nitrogen and oxygen atoms in total. The van der Waals surface area contributed by atoms with Gasteiger partial charge in [0.1, 0.15) is 0 Å². The van der Waals surface area contributed by atoms with Crippen molar-refractivity contribution in [2.45, 2.75) is 25.8 Å². The number of benzene rings is 2. The summed E-state index contributed by atoms with van der Waals surface area (Å²) >= 11 is 1.37. The van der Waals surface area contributed by atoms with Gasteiger partial charge in [0.15, 0.2) is 11.5 Å². The topological polar surface area (TPSA) is 83.8 Å². The zero-order valence-electron chi connectivity index (χ0n) is 16.6. The third-order valence-corrected chi connectivity index (χ3v) is 5.17. The second-order valence-corrected chi connectivity index (χ2v) is 7.49. The second kappa shape index (κ2) is 9.43. The molecule has 0 saturated heterocycles. The van der Waals surface area contributed by atoms with Crippen LogP contribution in [0.25, 0.3) is 10.9 Å². The molecule has 0 saturated carbocycles. The monoisotopic (exact) mass is 409 g/mol. The van der Waals surface area contributed by atoms with Gasteiger partial charge in [-0.15, -0.1) is 0 Å². The van der Waals surface area contributed by atoms with Crippen molar-refractivity contribution in [3.05, 3.63) is 59.2 Å². The van der Waals surface area contributed by atoms with Crippen LogP contribution in [0.4, 0.5) is 0 Å². The summed E-state index contributed by atoms with van der Waals surface area (Å²) in [5, 5.41) is 15.6. The summed E-state index contributed by atoms with van der Waals surface area (Å²) in [6.45, 7) is 6.37. The van der Waals surface area contributed by atoms with E-state index in [0.717, 1.165) is 27.1 Å². The third kappa shape index (κ3) is 5.26. The third-order valence-electron chi connectivity index (χ3n) is 4.26. The lowest BCUT2D eigenvalue weighted by atomic mass is 10.1. The number of phenolic OH excluding ortho intramolecular Hbond substituents is 1. The van der Waals surface area contributed by atoms with Crippen LogP contribution in [0.2, 0.25) is 0 Å². The number of thioether (sulfide) groups is 1. The van der Waals surface area contributed by atoms with Crippen LogP contribution in [0.5, 0.6) is 11.5 Å². The van der Waals surface area contributed by atoms with Gasteiger partial charge in [0.25, 0.3) is 0 Å². The molecular formula is C22H23N3O3S. The van der Waals surface area contributed by atoms with Crippen molar-refractivity contribution in [1.82, 2.24) is 10.4 Å². The molecule has 0 aliphatic heterocycles. The van der Waals surface area contributed by atoms with Crippen molar-refractivity contribution < 1.29 is 14.6 Å². The molecule has 0 bridgehead atoms. The lowest BCUT2D eigenvalue weighted by Crippen LogP contribution is -2.19. The Balaban J connectivity index is 1.59. The van der Waals surface area contributed by atoms with Gasteiger partial charge >= 0.3 is 0 Å². The summed E-state index contributed by atoms with van der Waals surface area (Å²) in [6, 6.07) is 13.0. The number of amides is 1. The van der Waals surface area contributed by atoms with Crippen LogP contribution in [0, 0.1) is 13.8 Å². The van der Waals surface area contributed by atoms with E-state index in [-0.39, 0.29) is 17.4 Å². The maximum absolute atomic E-state index is 12.1. The van der Waals surface area contributed by atoms with Gasteiger partial charge in [-0.2, -0.15) is 5.10 Å². The zero-order chi connectivity index (χ0) is 20.8. The molecule has 3 aromatic rings. The smallest absolute Gasteiger partial charge is 0.250 e. The quantitative estimate of drug-likeness (QED) is 0.347. The number of ether oxygens (including phenoxy) is 1. The number of carbonyl (C=O) groups excluding carboxylic acids is 1. The fourth-order valence-corrected chi connectivity index (χ4v) is 3.60. The lowest BCUT2D eigenvalue weighted by Gasteiger charge is -2.08. The van der Waals surface area contributed by atoms with Crippen molar-refractivity contribution in [2.24, 2.45) is 5.10 Å². The maximum Gasteiger partial charge on any atom is 0.250 e. The summed E-state index contributed by atoms with van der Waals surface area (Å²) in [6.07, 6.45) is 1.51. The number of phenols is 1. The van der Waals surface area contributed by atoms with E-state index >= 15 is 0 Å². The standard InChI is InChI=1S/C22H23N3O3S/c1-4-28-19-11-16(8-9-18(19)26)12-23-25-20(27)13-29-21-10-15(3)17-7-5-6-14(2)22(17)24-21/h5-12,26H,4,13H2,1-3H3,(H,25,27)/b23-12-. The predicted octanol–water partition coefficient (Wildman–Crippen LogP) is 4.20. The highest BCUT2D eigenvalue weighted by Gasteiger charge is 2.08. The first-order valence-corrected chi connectivity index (χ1v) is 10.2. The zero-order valence-corrected chi connectivity index (χ0v) is 17.4. The number of aromatic nitrogens is 1. The van der Waals surface area contributed by atoms with E-state index in [2.05, 4.69) is 21.6 Å². The number of para-hydroxylation sites is 1. The summed E-state index contributed by atoms with van der Waals surface area (Å²) in [5.41, 5.74) is 6.43. The lowest BCUT2D eigenvalue weighted by molar-refractivity contribution is -0.118. The number of nitrogens with one attached hydrogen (secondary N) is 1. The molecule has 7 heteroatoms. The molecule has 0 fully saturated rings. The first-order chi connectivity index (χ1) is 14.0. The van der Waals surface area contributed by atoms with E-state index < -0.39 is 0 Å². The fraction of sp³-hybridized carbons (Fsp3) is 0.227. The Kier molecular flexibility index (Phi) is 6.72. The minimum absolute atomic E-state index is 0.0675. The molecule has 0 aliphatic rings. The van der Waals surface area contributed by atoms with Crippen molar-refractivity contribution in [1.29, 1.82) is 0 Å². The minimum Gasteiger partial charge on any atom is -0.504 e. The average molecular weight is 410 g/mol. The molecule has 0 spiro atoms. The number of pyridine rings is 1. The second-order valence-electron chi connectivity index (χ2n) is 6.49. The number of carbonyl (C=O) groups is 1. The number of rotatable bonds is 7. The SMILES string of the molecule is CCOc1cc(/C=N\NC(=O)CSc2cc(C)c3cccc(C)c3n2)ccc1O. The Morgan fingerprint density at radius 2 is 2.07 bits per heavy atom. The van der Waals surface area contributed by atoms with Gasteiger partial charge < -0.3 is 9.84 Å². The first kappa shape index (κ1) is 20.7. The Bertz CT molecular complexity index is 1070. The van der Waals surface area contributed by atoms with Crippen LogP contribution in [0.3, 0.4) is 0 Å². The molecular weight excluding hydrogens is 386 g/mol. The maximum atomic E-state index is 12.1. The van der Waals surface area contributed by atoms with Crippen LogP contribution in [0.15, 0.2) is 52.6 Å². The van der Waals surface area contributed by atoms with Gasteiger partial charge in [-0.25, -0.2) is 10.4 Å². The van der Waals surface area contributed by atoms with Crippen LogP contribution < -0.4 is 10.2 Å². The number of fused-ring (bicyclic) bond motifs is 1. The van der Waals surface area contributed by atoms with Gasteiger partial charge in [0.05, 0.1) is 29.1 Å². The molecule has 150 valence electrons. The molecule has 0 aliphatic carbocycles. The van der Waals surface area contributed by atoms with Crippen molar-refractivity contribution in [2.75, 3.05) is 12.4 Å². The number of hydrogen-bond acceptors (Lipinski definition) is 6. The largest absolute Gasteiger partial charge is 0.504 e. The Morgan fingerprint density at radius 3 is 2.86 bits per heavy atom. The Morgan fingerprint density at radius 1 is 1.24 bits per heavy atom.